The molecule has 0 aliphatic carbocycles. The van der Waals surface area contributed by atoms with Gasteiger partial charge in [-0.1, -0.05) is 30.8 Å². The first-order valence-electron chi connectivity index (χ1n) is 11.8. The van der Waals surface area contributed by atoms with E-state index in [1.54, 1.807) is 4.68 Å². The summed E-state index contributed by atoms with van der Waals surface area (Å²) in [6, 6.07) is 7.82. The number of hydrogen-bond acceptors (Lipinski definition) is 8. The summed E-state index contributed by atoms with van der Waals surface area (Å²) in [5.41, 5.74) is 15.5. The van der Waals surface area contributed by atoms with Gasteiger partial charge in [0, 0.05) is 39.1 Å². The topological polar surface area (TPSA) is 99.5 Å². The highest BCUT2D eigenvalue weighted by atomic mass is 32.1. The van der Waals surface area contributed by atoms with Gasteiger partial charge in [-0.15, -0.1) is 5.10 Å². The first-order chi connectivity index (χ1) is 16.0. The summed E-state index contributed by atoms with van der Waals surface area (Å²) in [6.07, 6.45) is 4.42. The number of anilines is 2. The van der Waals surface area contributed by atoms with Gasteiger partial charge in [-0.05, 0) is 50.7 Å². The minimum Gasteiger partial charge on any atom is -0.493 e. The minimum atomic E-state index is -0.453. The van der Waals surface area contributed by atoms with Crippen LogP contribution in [-0.2, 0) is 6.54 Å². The zero-order valence-electron chi connectivity index (χ0n) is 19.4. The Bertz CT molecular complexity index is 921. The number of thiocarbonyl (C=S) groups is 1. The van der Waals surface area contributed by atoms with E-state index in [0.717, 1.165) is 38.5 Å². The molecule has 4 rings (SSSR count). The molecular formula is C23H35N8OS. The monoisotopic (exact) mass is 471 g/mol. The van der Waals surface area contributed by atoms with E-state index in [9.17, 15) is 0 Å². The Morgan fingerprint density at radius 1 is 1.15 bits per heavy atom. The van der Waals surface area contributed by atoms with E-state index in [-0.39, 0.29) is 10.9 Å². The van der Waals surface area contributed by atoms with Gasteiger partial charge in [0.25, 0.3) is 0 Å². The van der Waals surface area contributed by atoms with Gasteiger partial charge < -0.3 is 20.3 Å². The Hall–Kier alpha value is -2.43. The van der Waals surface area contributed by atoms with Crippen molar-refractivity contribution in [3.63, 3.8) is 0 Å². The molecule has 9 nitrogen and oxygen atoms in total. The number of likely N-dealkylation sites (tertiary alicyclic amines) is 1. The van der Waals surface area contributed by atoms with Crippen molar-refractivity contribution in [1.29, 1.82) is 0 Å². The van der Waals surface area contributed by atoms with E-state index in [1.807, 2.05) is 12.1 Å². The fourth-order valence-corrected chi connectivity index (χ4v) is 4.67. The summed E-state index contributed by atoms with van der Waals surface area (Å²) >= 11 is 5.22. The molecule has 1 radical (unpaired) electrons. The number of nitrogen functional groups attached to an aromatic ring is 1. The van der Waals surface area contributed by atoms with Crippen LogP contribution in [0.4, 0.5) is 11.9 Å². The van der Waals surface area contributed by atoms with Gasteiger partial charge in [0.1, 0.15) is 16.8 Å². The van der Waals surface area contributed by atoms with Gasteiger partial charge in [0.15, 0.2) is 0 Å². The molecule has 179 valence electrons. The van der Waals surface area contributed by atoms with Crippen molar-refractivity contribution >= 4 is 29.1 Å². The number of piperidine rings is 1. The number of nitrogens with two attached hydrogens (primary N) is 1. The molecule has 3 N–H and O–H groups in total. The third-order valence-corrected chi connectivity index (χ3v) is 6.72. The molecular weight excluding hydrogens is 436 g/mol. The fourth-order valence-electron chi connectivity index (χ4n) is 4.46. The molecule has 3 heterocycles. The SMILES string of the molecule is CN1CCN(c2nc(N)n(C(CCOc3cccc(CN4CCCCC4)c3)C([NH])=S)n2)CC1. The van der Waals surface area contributed by atoms with Crippen LogP contribution in [0.5, 0.6) is 5.75 Å². The Morgan fingerprint density at radius 3 is 2.64 bits per heavy atom. The average molecular weight is 472 g/mol. The highest BCUT2D eigenvalue weighted by Crippen LogP contribution is 2.22. The van der Waals surface area contributed by atoms with E-state index in [1.165, 1.54) is 37.9 Å². The number of nitrogens with zero attached hydrogens (tertiary/aromatic N) is 6. The highest BCUT2D eigenvalue weighted by molar-refractivity contribution is 7.80. The maximum Gasteiger partial charge on any atom is 0.246 e. The number of hydrogen-bond donors (Lipinski definition) is 1. The van der Waals surface area contributed by atoms with Crippen molar-refractivity contribution in [3.8, 4) is 5.75 Å². The molecule has 2 aliphatic rings. The smallest absolute Gasteiger partial charge is 0.246 e. The van der Waals surface area contributed by atoms with Crippen LogP contribution in [-0.4, -0.2) is 82.5 Å². The lowest BCUT2D eigenvalue weighted by Crippen LogP contribution is -2.45. The number of likely N-dealkylation sites (N-methyl/N-ethyl adjacent to an activating group) is 1. The van der Waals surface area contributed by atoms with E-state index in [2.05, 4.69) is 44.0 Å². The third-order valence-electron chi connectivity index (χ3n) is 6.44. The second kappa shape index (κ2) is 11.1. The predicted octanol–water partition coefficient (Wildman–Crippen LogP) is 2.22. The molecule has 33 heavy (non-hydrogen) atoms. The second-order valence-corrected chi connectivity index (χ2v) is 9.45. The van der Waals surface area contributed by atoms with Crippen LogP contribution in [0, 0.1) is 0 Å². The van der Waals surface area contributed by atoms with Crippen LogP contribution in [0.25, 0.3) is 0 Å². The first kappa shape index (κ1) is 23.7. The van der Waals surface area contributed by atoms with Gasteiger partial charge >= 0.3 is 0 Å². The first-order valence-corrected chi connectivity index (χ1v) is 12.3. The number of aromatic nitrogens is 3. The minimum absolute atomic E-state index is 0.0824. The number of ether oxygens (including phenoxy) is 1. The van der Waals surface area contributed by atoms with Gasteiger partial charge in [0.2, 0.25) is 11.9 Å². The Kier molecular flexibility index (Phi) is 8.00. The van der Waals surface area contributed by atoms with Gasteiger partial charge in [-0.3, -0.25) is 10.6 Å². The van der Waals surface area contributed by atoms with Gasteiger partial charge in [-0.2, -0.15) is 4.98 Å². The summed E-state index contributed by atoms with van der Waals surface area (Å²) in [4.78, 5) is 11.4. The fraction of sp³-hybridized carbons (Fsp3) is 0.609. The summed E-state index contributed by atoms with van der Waals surface area (Å²) < 4.78 is 7.62. The lowest BCUT2D eigenvalue weighted by atomic mass is 10.1. The van der Waals surface area contributed by atoms with Crippen LogP contribution in [0.15, 0.2) is 24.3 Å². The Labute approximate surface area is 201 Å². The van der Waals surface area contributed by atoms with E-state index >= 15 is 0 Å². The normalized spacial score (nSPS) is 18.9. The average Bonchev–Trinajstić information content (AvgIpc) is 3.19. The molecule has 0 spiro atoms. The summed E-state index contributed by atoms with van der Waals surface area (Å²) in [7, 11) is 2.11. The lowest BCUT2D eigenvalue weighted by molar-refractivity contribution is 0.220. The van der Waals surface area contributed by atoms with Gasteiger partial charge in [-0.25, -0.2) is 4.68 Å². The molecule has 2 fully saturated rings. The zero-order chi connectivity index (χ0) is 23.2. The Morgan fingerprint density at radius 2 is 1.91 bits per heavy atom. The molecule has 2 aromatic rings. The molecule has 10 heteroatoms. The van der Waals surface area contributed by atoms with Crippen molar-refractivity contribution in [2.24, 2.45) is 0 Å². The van der Waals surface area contributed by atoms with Crippen molar-refractivity contribution < 1.29 is 4.74 Å². The van der Waals surface area contributed by atoms with E-state index in [0.29, 0.717) is 19.0 Å². The largest absolute Gasteiger partial charge is 0.493 e. The predicted molar refractivity (Wildman–Crippen MR) is 135 cm³/mol. The summed E-state index contributed by atoms with van der Waals surface area (Å²) in [5.74, 6) is 1.73. The number of nitrogens with one attached hydrogen (secondary N) is 1. The third kappa shape index (κ3) is 6.33. The van der Waals surface area contributed by atoms with Crippen LogP contribution in [0.1, 0.15) is 37.3 Å². The Balaban J connectivity index is 1.35. The summed E-state index contributed by atoms with van der Waals surface area (Å²) in [6.45, 7) is 7.34. The van der Waals surface area contributed by atoms with Crippen molar-refractivity contribution in [1.82, 2.24) is 30.3 Å². The number of piperazine rings is 1. The maximum atomic E-state index is 8.12. The molecule has 0 saturated carbocycles. The van der Waals surface area contributed by atoms with Crippen LogP contribution < -0.4 is 21.1 Å². The molecule has 1 unspecified atom stereocenters. The van der Waals surface area contributed by atoms with Crippen LogP contribution >= 0.6 is 12.2 Å². The molecule has 1 aromatic heterocycles. The molecule has 0 bridgehead atoms. The number of benzene rings is 1. The molecule has 1 atom stereocenters. The molecule has 2 aliphatic heterocycles. The second-order valence-electron chi connectivity index (χ2n) is 9.01. The van der Waals surface area contributed by atoms with E-state index < -0.39 is 6.04 Å². The maximum absolute atomic E-state index is 8.12. The van der Waals surface area contributed by atoms with Crippen LogP contribution in [0.3, 0.4) is 0 Å². The molecule has 1 aromatic carbocycles. The van der Waals surface area contributed by atoms with Crippen molar-refractivity contribution in [2.75, 3.05) is 63.6 Å². The molecule has 2 saturated heterocycles. The quantitative estimate of drug-likeness (QED) is 0.556. The van der Waals surface area contributed by atoms with E-state index in [4.69, 9.17) is 28.4 Å². The standard InChI is InChI=1S/C23H35N8OS/c1-28-11-13-30(14-12-28)23-26-22(25)31(27-23)20(21(24)33)8-15-32-19-7-5-6-18(16-19)17-29-9-3-2-4-10-29/h5-7,16,20,24H,2-4,8-15,17H2,1H3,(H2,25,26,27). The number of rotatable bonds is 9. The highest BCUT2D eigenvalue weighted by Gasteiger charge is 2.24. The van der Waals surface area contributed by atoms with Gasteiger partial charge in [0.05, 0.1) is 6.61 Å². The zero-order valence-corrected chi connectivity index (χ0v) is 20.3. The van der Waals surface area contributed by atoms with Crippen molar-refractivity contribution in [3.05, 3.63) is 29.8 Å². The van der Waals surface area contributed by atoms with Crippen LogP contribution in [0.2, 0.25) is 0 Å². The lowest BCUT2D eigenvalue weighted by Gasteiger charge is -2.31. The van der Waals surface area contributed by atoms with Crippen molar-refractivity contribution in [2.45, 2.75) is 38.3 Å². The molecule has 0 amide bonds. The summed E-state index contributed by atoms with van der Waals surface area (Å²) in [5, 5.41) is 4.60.